The molecular weight excluding hydrogens is 283 g/mol. The summed E-state index contributed by atoms with van der Waals surface area (Å²) in [5.74, 6) is -0.205. The molecule has 0 fully saturated rings. The highest BCUT2D eigenvalue weighted by Crippen LogP contribution is 2.17. The highest BCUT2D eigenvalue weighted by Gasteiger charge is 2.06. The molecular formula is C17H19FN2S. The molecule has 4 heteroatoms. The van der Waals surface area contributed by atoms with Gasteiger partial charge in [0.1, 0.15) is 10.8 Å². The fourth-order valence-corrected chi connectivity index (χ4v) is 2.57. The molecule has 0 bridgehead atoms. The predicted octanol–water partition coefficient (Wildman–Crippen LogP) is 3.81. The lowest BCUT2D eigenvalue weighted by Gasteiger charge is -2.16. The third-order valence-electron chi connectivity index (χ3n) is 3.36. The number of nitrogens with two attached hydrogens (primary N) is 1. The second-order valence-corrected chi connectivity index (χ2v) is 5.71. The van der Waals surface area contributed by atoms with Crippen molar-refractivity contribution in [2.75, 3.05) is 5.32 Å². The average Bonchev–Trinajstić information content (AvgIpc) is 2.41. The minimum absolute atomic E-state index is 0.205. The molecule has 21 heavy (non-hydrogen) atoms. The third-order valence-corrected chi connectivity index (χ3v) is 3.58. The van der Waals surface area contributed by atoms with Crippen molar-refractivity contribution in [3.8, 4) is 0 Å². The number of halogens is 1. The second-order valence-electron chi connectivity index (χ2n) is 5.27. The summed E-state index contributed by atoms with van der Waals surface area (Å²) in [5.41, 5.74) is 9.76. The Hall–Kier alpha value is -1.94. The predicted molar refractivity (Wildman–Crippen MR) is 90.3 cm³/mol. The summed E-state index contributed by atoms with van der Waals surface area (Å²) in [4.78, 5) is 0.415. The highest BCUT2D eigenvalue weighted by atomic mass is 32.1. The van der Waals surface area contributed by atoms with Gasteiger partial charge in [-0.25, -0.2) is 4.39 Å². The minimum Gasteiger partial charge on any atom is -0.389 e. The lowest BCUT2D eigenvalue weighted by molar-refractivity contribution is 0.626. The van der Waals surface area contributed by atoms with Crippen LogP contribution in [0.1, 0.15) is 23.6 Å². The van der Waals surface area contributed by atoms with Crippen LogP contribution in [0.15, 0.2) is 42.5 Å². The van der Waals surface area contributed by atoms with Crippen LogP contribution >= 0.6 is 12.2 Å². The molecule has 2 aromatic carbocycles. The van der Waals surface area contributed by atoms with Crippen LogP contribution in [0.3, 0.4) is 0 Å². The molecule has 0 aliphatic rings. The molecule has 0 aromatic heterocycles. The standard InChI is InChI=1S/C17H19FN2S/c1-11-9-15(7-8-16(11)17(19)21)20-12(2)10-13-3-5-14(18)6-4-13/h3-9,12,20H,10H2,1-2H3,(H2,19,21). The number of nitrogens with one attached hydrogen (secondary N) is 1. The van der Waals surface area contributed by atoms with Gasteiger partial charge in [0.15, 0.2) is 0 Å². The molecule has 0 heterocycles. The number of hydrogen-bond donors (Lipinski definition) is 2. The molecule has 2 aromatic rings. The van der Waals surface area contributed by atoms with Gasteiger partial charge in [0, 0.05) is 17.3 Å². The van der Waals surface area contributed by atoms with E-state index in [1.54, 1.807) is 0 Å². The average molecular weight is 302 g/mol. The van der Waals surface area contributed by atoms with E-state index in [2.05, 4.69) is 12.2 Å². The second kappa shape index (κ2) is 6.68. The largest absolute Gasteiger partial charge is 0.389 e. The molecule has 2 rings (SSSR count). The fraction of sp³-hybridized carbons (Fsp3) is 0.235. The summed E-state index contributed by atoms with van der Waals surface area (Å²) in [6.45, 7) is 4.09. The Morgan fingerprint density at radius 1 is 1.24 bits per heavy atom. The van der Waals surface area contributed by atoms with Crippen molar-refractivity contribution in [1.29, 1.82) is 0 Å². The van der Waals surface area contributed by atoms with Gasteiger partial charge >= 0.3 is 0 Å². The third kappa shape index (κ3) is 4.26. The molecule has 1 atom stereocenters. The topological polar surface area (TPSA) is 38.0 Å². The lowest BCUT2D eigenvalue weighted by Crippen LogP contribution is -2.18. The van der Waals surface area contributed by atoms with Gasteiger partial charge in [-0.1, -0.05) is 24.4 Å². The summed E-state index contributed by atoms with van der Waals surface area (Å²) in [7, 11) is 0. The Morgan fingerprint density at radius 3 is 2.48 bits per heavy atom. The maximum atomic E-state index is 12.9. The zero-order valence-electron chi connectivity index (χ0n) is 12.2. The van der Waals surface area contributed by atoms with Crippen molar-refractivity contribution in [3.05, 3.63) is 65.0 Å². The normalized spacial score (nSPS) is 12.0. The van der Waals surface area contributed by atoms with E-state index in [4.69, 9.17) is 18.0 Å². The first-order valence-electron chi connectivity index (χ1n) is 6.87. The van der Waals surface area contributed by atoms with Crippen molar-refractivity contribution in [1.82, 2.24) is 0 Å². The van der Waals surface area contributed by atoms with Crippen LogP contribution in [0.4, 0.5) is 10.1 Å². The van der Waals surface area contributed by atoms with Crippen LogP contribution in [0.5, 0.6) is 0 Å². The molecule has 110 valence electrons. The summed E-state index contributed by atoms with van der Waals surface area (Å²) >= 11 is 5.00. The summed E-state index contributed by atoms with van der Waals surface area (Å²) in [6.07, 6.45) is 0.830. The van der Waals surface area contributed by atoms with Crippen LogP contribution in [0.25, 0.3) is 0 Å². The van der Waals surface area contributed by atoms with Crippen LogP contribution in [-0.4, -0.2) is 11.0 Å². The Bertz CT molecular complexity index is 638. The number of rotatable bonds is 5. The van der Waals surface area contributed by atoms with Crippen LogP contribution in [-0.2, 0) is 6.42 Å². The molecule has 0 amide bonds. The monoisotopic (exact) mass is 302 g/mol. The molecule has 0 saturated heterocycles. The molecule has 1 unspecified atom stereocenters. The first-order valence-corrected chi connectivity index (χ1v) is 7.28. The highest BCUT2D eigenvalue weighted by molar-refractivity contribution is 7.80. The van der Waals surface area contributed by atoms with Gasteiger partial charge in [0.25, 0.3) is 0 Å². The molecule has 0 saturated carbocycles. The Balaban J connectivity index is 2.02. The first kappa shape index (κ1) is 15.4. The van der Waals surface area contributed by atoms with Crippen LogP contribution in [0.2, 0.25) is 0 Å². The molecule has 3 N–H and O–H groups in total. The molecule has 0 radical (unpaired) electrons. The van der Waals surface area contributed by atoms with Gasteiger partial charge in [-0.3, -0.25) is 0 Å². The Kier molecular flexibility index (Phi) is 4.91. The fourth-order valence-electron chi connectivity index (χ4n) is 2.34. The maximum Gasteiger partial charge on any atom is 0.123 e. The smallest absolute Gasteiger partial charge is 0.123 e. The zero-order valence-corrected chi connectivity index (χ0v) is 13.0. The van der Waals surface area contributed by atoms with E-state index >= 15 is 0 Å². The number of hydrogen-bond acceptors (Lipinski definition) is 2. The summed E-state index contributed by atoms with van der Waals surface area (Å²) in [6, 6.07) is 12.8. The lowest BCUT2D eigenvalue weighted by atomic mass is 10.1. The summed E-state index contributed by atoms with van der Waals surface area (Å²) in [5, 5.41) is 3.43. The van der Waals surface area contributed by atoms with E-state index in [0.29, 0.717) is 4.99 Å². The van der Waals surface area contributed by atoms with Gasteiger partial charge in [0.2, 0.25) is 0 Å². The van der Waals surface area contributed by atoms with E-state index in [0.717, 1.165) is 28.8 Å². The molecule has 0 aliphatic heterocycles. The number of anilines is 1. The summed E-state index contributed by atoms with van der Waals surface area (Å²) < 4.78 is 12.9. The maximum absolute atomic E-state index is 12.9. The molecule has 0 aliphatic carbocycles. The van der Waals surface area contributed by atoms with Crippen molar-refractivity contribution >= 4 is 22.9 Å². The van der Waals surface area contributed by atoms with Crippen LogP contribution < -0.4 is 11.1 Å². The molecule has 0 spiro atoms. The van der Waals surface area contributed by atoms with Gasteiger partial charge in [-0.15, -0.1) is 0 Å². The van der Waals surface area contributed by atoms with Crippen LogP contribution in [0, 0.1) is 12.7 Å². The van der Waals surface area contributed by atoms with Gasteiger partial charge < -0.3 is 11.1 Å². The van der Waals surface area contributed by atoms with Gasteiger partial charge in [-0.2, -0.15) is 0 Å². The Labute approximate surface area is 130 Å². The van der Waals surface area contributed by atoms with Gasteiger partial charge in [0.05, 0.1) is 0 Å². The van der Waals surface area contributed by atoms with E-state index in [1.807, 2.05) is 37.3 Å². The van der Waals surface area contributed by atoms with E-state index in [9.17, 15) is 4.39 Å². The van der Waals surface area contributed by atoms with E-state index < -0.39 is 0 Å². The SMILES string of the molecule is Cc1cc(NC(C)Cc2ccc(F)cc2)ccc1C(N)=S. The quantitative estimate of drug-likeness (QED) is 0.825. The Morgan fingerprint density at radius 2 is 1.90 bits per heavy atom. The van der Waals surface area contributed by atoms with Crippen molar-refractivity contribution in [2.24, 2.45) is 5.73 Å². The number of aryl methyl sites for hydroxylation is 1. The zero-order chi connectivity index (χ0) is 15.4. The van der Waals surface area contributed by atoms with E-state index in [-0.39, 0.29) is 11.9 Å². The van der Waals surface area contributed by atoms with E-state index in [1.165, 1.54) is 12.1 Å². The van der Waals surface area contributed by atoms with Gasteiger partial charge in [-0.05, 0) is 61.7 Å². The van der Waals surface area contributed by atoms with Crippen molar-refractivity contribution < 1.29 is 4.39 Å². The minimum atomic E-state index is -0.205. The molecule has 2 nitrogen and oxygen atoms in total. The number of benzene rings is 2. The first-order chi connectivity index (χ1) is 9.95. The van der Waals surface area contributed by atoms with Crippen molar-refractivity contribution in [2.45, 2.75) is 26.3 Å². The number of thiocarbonyl (C=S) groups is 1. The van der Waals surface area contributed by atoms with Crippen molar-refractivity contribution in [3.63, 3.8) is 0 Å².